The molecule has 1 saturated heterocycles. The number of amides is 1. The number of piperazine rings is 1. The lowest BCUT2D eigenvalue weighted by atomic mass is 10.1. The van der Waals surface area contributed by atoms with Crippen LogP contribution in [0, 0.1) is 17.0 Å². The smallest absolute Gasteiger partial charge is 0.369 e. The molecule has 7 nitrogen and oxygen atoms in total. The van der Waals surface area contributed by atoms with Crippen LogP contribution in [-0.4, -0.2) is 54.7 Å². The van der Waals surface area contributed by atoms with Crippen LogP contribution >= 0.6 is 11.8 Å². The van der Waals surface area contributed by atoms with Gasteiger partial charge in [-0.25, -0.2) is 0 Å². The average Bonchev–Trinajstić information content (AvgIpc) is 2.73. The van der Waals surface area contributed by atoms with Gasteiger partial charge in [0.05, 0.1) is 21.1 Å². The van der Waals surface area contributed by atoms with E-state index in [1.165, 1.54) is 0 Å². The standard InChI is InChI=1S/C21H23F3N4O3S/c1-14-11-16(27-9-7-26(2)8-10-27)4-5-17(14)25-20(29)13-32-19-6-3-15(21(22,23)24)12-18(19)28(30)31/h3-6,11-12H,7-10,13H2,1-2H3,(H,25,29). The number of nitrogens with zero attached hydrogens (tertiary/aromatic N) is 3. The van der Waals surface area contributed by atoms with Crippen molar-refractivity contribution >= 4 is 34.7 Å². The van der Waals surface area contributed by atoms with Gasteiger partial charge in [0.15, 0.2) is 0 Å². The number of likely N-dealkylation sites (N-methyl/N-ethyl adjacent to an activating group) is 1. The van der Waals surface area contributed by atoms with Gasteiger partial charge < -0.3 is 15.1 Å². The Morgan fingerprint density at radius 3 is 2.44 bits per heavy atom. The van der Waals surface area contributed by atoms with E-state index in [9.17, 15) is 28.1 Å². The molecule has 1 amide bonds. The molecular weight excluding hydrogens is 445 g/mol. The Hall–Kier alpha value is -2.79. The van der Waals surface area contributed by atoms with Crippen molar-refractivity contribution in [2.45, 2.75) is 18.0 Å². The lowest BCUT2D eigenvalue weighted by Crippen LogP contribution is -2.44. The van der Waals surface area contributed by atoms with E-state index in [2.05, 4.69) is 22.2 Å². The third-order valence-electron chi connectivity index (χ3n) is 5.19. The number of benzene rings is 2. The van der Waals surface area contributed by atoms with Crippen LogP contribution in [-0.2, 0) is 11.0 Å². The number of halogens is 3. The van der Waals surface area contributed by atoms with Crippen LogP contribution in [0.3, 0.4) is 0 Å². The van der Waals surface area contributed by atoms with Gasteiger partial charge in [-0.1, -0.05) is 0 Å². The van der Waals surface area contributed by atoms with Gasteiger partial charge >= 0.3 is 6.18 Å². The molecule has 0 aromatic heterocycles. The molecule has 0 aliphatic carbocycles. The molecule has 0 atom stereocenters. The number of hydrogen-bond acceptors (Lipinski definition) is 6. The summed E-state index contributed by atoms with van der Waals surface area (Å²) >= 11 is 0.820. The van der Waals surface area contributed by atoms with Gasteiger partial charge in [0.2, 0.25) is 5.91 Å². The molecule has 32 heavy (non-hydrogen) atoms. The normalized spacial score (nSPS) is 15.0. The number of carbonyl (C=O) groups excluding carboxylic acids is 1. The molecule has 0 radical (unpaired) electrons. The molecule has 0 unspecified atom stereocenters. The van der Waals surface area contributed by atoms with Gasteiger partial charge in [-0.15, -0.1) is 11.8 Å². The molecule has 2 aromatic rings. The third kappa shape index (κ3) is 5.92. The predicted molar refractivity (Wildman–Crippen MR) is 118 cm³/mol. The number of carbonyl (C=O) groups is 1. The average molecular weight is 469 g/mol. The number of nitrogens with one attached hydrogen (secondary N) is 1. The molecule has 0 spiro atoms. The summed E-state index contributed by atoms with van der Waals surface area (Å²) in [5.74, 6) is -0.578. The number of alkyl halides is 3. The second kappa shape index (κ2) is 9.78. The zero-order valence-electron chi connectivity index (χ0n) is 17.6. The van der Waals surface area contributed by atoms with Crippen molar-refractivity contribution in [2.24, 2.45) is 0 Å². The zero-order valence-corrected chi connectivity index (χ0v) is 18.4. The van der Waals surface area contributed by atoms with Crippen LogP contribution in [0.2, 0.25) is 0 Å². The molecule has 1 fully saturated rings. The quantitative estimate of drug-likeness (QED) is 0.385. The Morgan fingerprint density at radius 1 is 1.16 bits per heavy atom. The lowest BCUT2D eigenvalue weighted by molar-refractivity contribution is -0.388. The van der Waals surface area contributed by atoms with Crippen molar-refractivity contribution in [3.05, 3.63) is 57.6 Å². The molecular formula is C21H23F3N4O3S. The van der Waals surface area contributed by atoms with Gasteiger partial charge in [0.25, 0.3) is 5.69 Å². The number of thioether (sulfide) groups is 1. The molecule has 0 bridgehead atoms. The lowest BCUT2D eigenvalue weighted by Gasteiger charge is -2.34. The van der Waals surface area contributed by atoms with Crippen molar-refractivity contribution < 1.29 is 22.9 Å². The first-order chi connectivity index (χ1) is 15.0. The molecule has 1 aliphatic heterocycles. The summed E-state index contributed by atoms with van der Waals surface area (Å²) in [4.78, 5) is 27.2. The highest BCUT2D eigenvalue weighted by Gasteiger charge is 2.33. The summed E-state index contributed by atoms with van der Waals surface area (Å²) < 4.78 is 38.5. The number of nitro benzene ring substituents is 1. The van der Waals surface area contributed by atoms with Crippen LogP contribution in [0.5, 0.6) is 0 Å². The van der Waals surface area contributed by atoms with Crippen LogP contribution in [0.25, 0.3) is 0 Å². The van der Waals surface area contributed by atoms with Gasteiger partial charge in [-0.2, -0.15) is 13.2 Å². The van der Waals surface area contributed by atoms with E-state index < -0.39 is 28.3 Å². The fourth-order valence-electron chi connectivity index (χ4n) is 3.34. The largest absolute Gasteiger partial charge is 0.416 e. The van der Waals surface area contributed by atoms with Crippen LogP contribution in [0.15, 0.2) is 41.3 Å². The first kappa shape index (κ1) is 23.9. The van der Waals surface area contributed by atoms with E-state index in [1.807, 2.05) is 25.1 Å². The SMILES string of the molecule is Cc1cc(N2CCN(C)CC2)ccc1NC(=O)CSc1ccc(C(F)(F)F)cc1[N+](=O)[O-]. The molecule has 1 aliphatic rings. The molecule has 3 rings (SSSR count). The van der Waals surface area contributed by atoms with Gasteiger partial charge in [-0.05, 0) is 49.9 Å². The van der Waals surface area contributed by atoms with Crippen molar-refractivity contribution in [3.8, 4) is 0 Å². The summed E-state index contributed by atoms with van der Waals surface area (Å²) in [7, 11) is 2.08. The van der Waals surface area contributed by atoms with Gasteiger partial charge in [0, 0.05) is 43.6 Å². The summed E-state index contributed by atoms with van der Waals surface area (Å²) in [5.41, 5.74) is 0.790. The minimum atomic E-state index is -4.68. The van der Waals surface area contributed by atoms with Crippen molar-refractivity contribution in [3.63, 3.8) is 0 Å². The summed E-state index contributed by atoms with van der Waals surface area (Å²) in [6, 6.07) is 8.02. The molecule has 2 aromatic carbocycles. The maximum atomic E-state index is 12.8. The van der Waals surface area contributed by atoms with Crippen LogP contribution < -0.4 is 10.2 Å². The topological polar surface area (TPSA) is 78.7 Å². The maximum Gasteiger partial charge on any atom is 0.416 e. The molecule has 1 N–H and O–H groups in total. The summed E-state index contributed by atoms with van der Waals surface area (Å²) in [6.45, 7) is 5.67. The predicted octanol–water partition coefficient (Wildman–Crippen LogP) is 4.40. The third-order valence-corrected chi connectivity index (χ3v) is 6.26. The Morgan fingerprint density at radius 2 is 1.84 bits per heavy atom. The second-order valence-corrected chi connectivity index (χ2v) is 8.58. The summed E-state index contributed by atoms with van der Waals surface area (Å²) in [6.07, 6.45) is -4.68. The molecule has 0 saturated carbocycles. The maximum absolute atomic E-state index is 12.8. The number of aryl methyl sites for hydroxylation is 1. The minimum absolute atomic E-state index is 0.000265. The van der Waals surface area contributed by atoms with Gasteiger partial charge in [0.1, 0.15) is 0 Å². The Balaban J connectivity index is 1.63. The fourth-order valence-corrected chi connectivity index (χ4v) is 4.14. The number of anilines is 2. The van der Waals surface area contributed by atoms with Crippen LogP contribution in [0.4, 0.5) is 30.2 Å². The fraction of sp³-hybridized carbons (Fsp3) is 0.381. The number of nitro groups is 1. The Bertz CT molecular complexity index is 1010. The van der Waals surface area contributed by atoms with E-state index >= 15 is 0 Å². The monoisotopic (exact) mass is 468 g/mol. The minimum Gasteiger partial charge on any atom is -0.369 e. The van der Waals surface area contributed by atoms with E-state index in [0.717, 1.165) is 61.3 Å². The molecule has 172 valence electrons. The van der Waals surface area contributed by atoms with Crippen molar-refractivity contribution in [2.75, 3.05) is 49.2 Å². The van der Waals surface area contributed by atoms with E-state index in [4.69, 9.17) is 0 Å². The van der Waals surface area contributed by atoms with Crippen molar-refractivity contribution in [1.29, 1.82) is 0 Å². The Kier molecular flexibility index (Phi) is 7.29. The highest BCUT2D eigenvalue weighted by Crippen LogP contribution is 2.36. The van der Waals surface area contributed by atoms with Crippen molar-refractivity contribution in [1.82, 2.24) is 4.90 Å². The van der Waals surface area contributed by atoms with E-state index in [-0.39, 0.29) is 10.6 Å². The first-order valence-corrected chi connectivity index (χ1v) is 10.9. The van der Waals surface area contributed by atoms with E-state index in [1.54, 1.807) is 0 Å². The second-order valence-electron chi connectivity index (χ2n) is 7.56. The Labute approximate surface area is 187 Å². The highest BCUT2D eigenvalue weighted by molar-refractivity contribution is 8.00. The molecule has 11 heteroatoms. The summed E-state index contributed by atoms with van der Waals surface area (Å²) in [5, 5.41) is 13.9. The number of rotatable bonds is 6. The van der Waals surface area contributed by atoms with Gasteiger partial charge in [-0.3, -0.25) is 14.9 Å². The van der Waals surface area contributed by atoms with E-state index in [0.29, 0.717) is 11.8 Å². The van der Waals surface area contributed by atoms with Crippen LogP contribution in [0.1, 0.15) is 11.1 Å². The molecule has 1 heterocycles. The number of hydrogen-bond donors (Lipinski definition) is 1. The first-order valence-electron chi connectivity index (χ1n) is 9.87. The zero-order chi connectivity index (χ0) is 23.5. The highest BCUT2D eigenvalue weighted by atomic mass is 32.2.